The second-order valence-electron chi connectivity index (χ2n) is 6.91. The molecule has 1 nitrogen and oxygen atoms in total. The molecule has 3 rings (SSSR count). The molecule has 0 unspecified atom stereocenters. The molecule has 3 heteroatoms. The van der Waals surface area contributed by atoms with E-state index in [0.717, 1.165) is 5.06 Å². The third-order valence-electron chi connectivity index (χ3n) is 4.51. The molecular weight excluding hydrogens is 385 g/mol. The summed E-state index contributed by atoms with van der Waals surface area (Å²) in [7, 11) is 0. The molecule has 1 radical (unpaired) electrons. The van der Waals surface area contributed by atoms with Gasteiger partial charge in [0, 0.05) is 0 Å². The fourth-order valence-electron chi connectivity index (χ4n) is 3.73. The fraction of sp³-hybridized carbons (Fsp3) is 0.273. The van der Waals surface area contributed by atoms with E-state index in [4.69, 9.17) is 3.76 Å². The van der Waals surface area contributed by atoms with Crippen LogP contribution in [-0.4, -0.2) is 14.7 Å². The van der Waals surface area contributed by atoms with Gasteiger partial charge in [0.1, 0.15) is 0 Å². The van der Waals surface area contributed by atoms with Crippen LogP contribution in [0.2, 0.25) is 0 Å². The average molecular weight is 410 g/mol. The van der Waals surface area contributed by atoms with Crippen molar-refractivity contribution in [3.63, 3.8) is 0 Å². The van der Waals surface area contributed by atoms with E-state index in [2.05, 4.69) is 83.3 Å². The van der Waals surface area contributed by atoms with Gasteiger partial charge in [-0.2, -0.15) is 0 Å². The van der Waals surface area contributed by atoms with Gasteiger partial charge in [-0.25, -0.2) is 0 Å². The maximum atomic E-state index is 6.71. The van der Waals surface area contributed by atoms with Crippen LogP contribution >= 0.6 is 11.3 Å². The predicted octanol–water partition coefficient (Wildman–Crippen LogP) is 4.78. The minimum atomic E-state index is -2.18. The van der Waals surface area contributed by atoms with E-state index in [1.54, 1.807) is 11.3 Å². The average Bonchev–Trinajstić information content (AvgIpc) is 2.97. The van der Waals surface area contributed by atoms with Crippen LogP contribution in [0.5, 0.6) is 5.06 Å². The first kappa shape index (κ1) is 18.3. The van der Waals surface area contributed by atoms with Crippen molar-refractivity contribution in [3.8, 4) is 5.06 Å². The zero-order valence-electron chi connectivity index (χ0n) is 15.9. The SMILES string of the molecule is Cc1cc(C)[c]([Ge]([O]c2cccs2)[c]2c(C)cc(C)cc2C)c(C)c1. The molecule has 0 N–H and O–H groups in total. The van der Waals surface area contributed by atoms with Crippen LogP contribution in [0.15, 0.2) is 41.8 Å². The number of rotatable bonds is 4. The van der Waals surface area contributed by atoms with Gasteiger partial charge in [0.15, 0.2) is 0 Å². The normalized spacial score (nSPS) is 11.2. The van der Waals surface area contributed by atoms with Crippen molar-refractivity contribution in [2.45, 2.75) is 41.5 Å². The summed E-state index contributed by atoms with van der Waals surface area (Å²) >= 11 is -0.491. The summed E-state index contributed by atoms with van der Waals surface area (Å²) in [4.78, 5) is 0. The molecule has 25 heavy (non-hydrogen) atoms. The van der Waals surface area contributed by atoms with E-state index in [1.165, 1.54) is 42.2 Å². The molecule has 1 heterocycles. The van der Waals surface area contributed by atoms with Gasteiger partial charge in [0.05, 0.1) is 0 Å². The first-order chi connectivity index (χ1) is 11.9. The van der Waals surface area contributed by atoms with Crippen LogP contribution in [0, 0.1) is 41.5 Å². The third-order valence-corrected chi connectivity index (χ3v) is 11.7. The van der Waals surface area contributed by atoms with Crippen molar-refractivity contribution in [1.29, 1.82) is 0 Å². The second kappa shape index (κ2) is 7.39. The maximum absolute atomic E-state index is 6.71. The number of thiophene rings is 1. The van der Waals surface area contributed by atoms with Crippen LogP contribution in [-0.2, 0) is 0 Å². The molecule has 0 saturated carbocycles. The second-order valence-corrected chi connectivity index (χ2v) is 11.7. The van der Waals surface area contributed by atoms with Gasteiger partial charge in [-0.05, 0) is 0 Å². The fourth-order valence-corrected chi connectivity index (χ4v) is 10.1. The van der Waals surface area contributed by atoms with E-state index < -0.39 is 14.7 Å². The molecule has 129 valence electrons. The predicted molar refractivity (Wildman–Crippen MR) is 111 cm³/mol. The number of aryl methyl sites for hydroxylation is 6. The Bertz CT molecular complexity index is 793. The molecule has 0 aliphatic rings. The van der Waals surface area contributed by atoms with Gasteiger partial charge in [-0.15, -0.1) is 0 Å². The summed E-state index contributed by atoms with van der Waals surface area (Å²) in [5.74, 6) is 0. The number of benzene rings is 2. The Morgan fingerprint density at radius 1 is 0.720 bits per heavy atom. The quantitative estimate of drug-likeness (QED) is 0.563. The first-order valence-electron chi connectivity index (χ1n) is 8.61. The Morgan fingerprint density at radius 2 is 1.16 bits per heavy atom. The van der Waals surface area contributed by atoms with Crippen molar-refractivity contribution in [1.82, 2.24) is 0 Å². The van der Waals surface area contributed by atoms with Crippen molar-refractivity contribution in [3.05, 3.63) is 75.2 Å². The Hall–Kier alpha value is -1.52. The summed E-state index contributed by atoms with van der Waals surface area (Å²) in [6.45, 7) is 13.3. The molecule has 0 bridgehead atoms. The number of hydrogen-bond acceptors (Lipinski definition) is 2. The summed E-state index contributed by atoms with van der Waals surface area (Å²) < 4.78 is 9.62. The standard InChI is InChI=1S/C22H25GeOS/c1-14-10-16(3)21(17(4)11-14)23(24-20-8-7-9-25-20)22-18(5)12-15(2)13-19(22)6/h7-13H,1-6H3. The summed E-state index contributed by atoms with van der Waals surface area (Å²) in [6, 6.07) is 13.4. The zero-order valence-corrected chi connectivity index (χ0v) is 18.8. The van der Waals surface area contributed by atoms with E-state index in [1.807, 2.05) is 0 Å². The van der Waals surface area contributed by atoms with Crippen LogP contribution in [0.25, 0.3) is 0 Å². The minimum absolute atomic E-state index is 1.04. The molecule has 0 atom stereocenters. The third kappa shape index (κ3) is 3.85. The van der Waals surface area contributed by atoms with E-state index in [-0.39, 0.29) is 0 Å². The molecule has 0 amide bonds. The van der Waals surface area contributed by atoms with Crippen molar-refractivity contribution in [2.24, 2.45) is 0 Å². The van der Waals surface area contributed by atoms with Crippen molar-refractivity contribution < 1.29 is 3.76 Å². The van der Waals surface area contributed by atoms with E-state index in [9.17, 15) is 0 Å². The van der Waals surface area contributed by atoms with E-state index in [0.29, 0.717) is 0 Å². The van der Waals surface area contributed by atoms with Gasteiger partial charge >= 0.3 is 160 Å². The van der Waals surface area contributed by atoms with Gasteiger partial charge in [0.2, 0.25) is 0 Å². The number of hydrogen-bond donors (Lipinski definition) is 0. The monoisotopic (exact) mass is 411 g/mol. The topological polar surface area (TPSA) is 9.23 Å². The van der Waals surface area contributed by atoms with Gasteiger partial charge < -0.3 is 0 Å². The molecule has 0 aliphatic carbocycles. The van der Waals surface area contributed by atoms with Gasteiger partial charge in [0.25, 0.3) is 0 Å². The van der Waals surface area contributed by atoms with Crippen molar-refractivity contribution >= 4 is 34.8 Å². The van der Waals surface area contributed by atoms with Gasteiger partial charge in [-0.1, -0.05) is 0 Å². The van der Waals surface area contributed by atoms with E-state index >= 15 is 0 Å². The van der Waals surface area contributed by atoms with Gasteiger partial charge in [-0.3, -0.25) is 0 Å². The molecule has 1 aromatic heterocycles. The summed E-state index contributed by atoms with van der Waals surface area (Å²) in [6.07, 6.45) is 0. The van der Waals surface area contributed by atoms with Crippen LogP contribution in [0.3, 0.4) is 0 Å². The molecule has 3 aromatic rings. The molecule has 0 spiro atoms. The Balaban J connectivity index is 2.21. The molecule has 0 aliphatic heterocycles. The molecular formula is C22H25GeOS. The first-order valence-corrected chi connectivity index (χ1v) is 12.4. The Morgan fingerprint density at radius 3 is 1.52 bits per heavy atom. The van der Waals surface area contributed by atoms with Crippen LogP contribution in [0.1, 0.15) is 33.4 Å². The Kier molecular flexibility index (Phi) is 5.40. The molecule has 2 aromatic carbocycles. The van der Waals surface area contributed by atoms with Crippen LogP contribution < -0.4 is 12.6 Å². The molecule has 0 saturated heterocycles. The summed E-state index contributed by atoms with van der Waals surface area (Å²) in [5.41, 5.74) is 8.10. The van der Waals surface area contributed by atoms with Crippen LogP contribution in [0.4, 0.5) is 0 Å². The van der Waals surface area contributed by atoms with Crippen molar-refractivity contribution in [2.75, 3.05) is 0 Å². The zero-order chi connectivity index (χ0) is 18.1. The summed E-state index contributed by atoms with van der Waals surface area (Å²) in [5, 5.41) is 3.13. The molecule has 0 fully saturated rings. The Labute approximate surface area is 160 Å².